The molecule has 0 spiro atoms. The maximum absolute atomic E-state index is 12.5. The Bertz CT molecular complexity index is 439. The van der Waals surface area contributed by atoms with E-state index in [0.29, 0.717) is 18.9 Å². The second-order valence-corrected chi connectivity index (χ2v) is 8.58. The SMILES string of the molecule is CC(C)(C)OC(=O)N1CCC(C(=O)C2SC=CC2Br)CC1. The van der Waals surface area contributed by atoms with Crippen LogP contribution < -0.4 is 0 Å². The molecule has 0 aliphatic carbocycles. The maximum atomic E-state index is 12.5. The van der Waals surface area contributed by atoms with Gasteiger partial charge in [-0.1, -0.05) is 22.0 Å². The van der Waals surface area contributed by atoms with Gasteiger partial charge < -0.3 is 9.64 Å². The third kappa shape index (κ3) is 4.49. The molecular formula is C15H22BrNO3S. The summed E-state index contributed by atoms with van der Waals surface area (Å²) in [5.74, 6) is 0.358. The molecule has 0 aromatic rings. The lowest BCUT2D eigenvalue weighted by Crippen LogP contribution is -2.44. The van der Waals surface area contributed by atoms with Crippen LogP contribution in [0.15, 0.2) is 11.5 Å². The fraction of sp³-hybridized carbons (Fsp3) is 0.733. The molecule has 2 unspecified atom stereocenters. The second kappa shape index (κ2) is 6.73. The molecule has 1 fully saturated rings. The number of likely N-dealkylation sites (tertiary alicyclic amines) is 1. The summed E-state index contributed by atoms with van der Waals surface area (Å²) in [6.45, 7) is 6.79. The minimum Gasteiger partial charge on any atom is -0.444 e. The molecule has 2 rings (SSSR count). The van der Waals surface area contributed by atoms with E-state index in [2.05, 4.69) is 15.9 Å². The van der Waals surface area contributed by atoms with Gasteiger partial charge in [0.1, 0.15) is 5.60 Å². The average Bonchev–Trinajstić information content (AvgIpc) is 2.82. The lowest BCUT2D eigenvalue weighted by molar-refractivity contribution is -0.123. The van der Waals surface area contributed by atoms with Crippen molar-refractivity contribution in [2.24, 2.45) is 5.92 Å². The van der Waals surface area contributed by atoms with E-state index in [4.69, 9.17) is 4.74 Å². The molecule has 4 nitrogen and oxygen atoms in total. The van der Waals surface area contributed by atoms with Gasteiger partial charge in [0.25, 0.3) is 0 Å². The Morgan fingerprint density at radius 3 is 2.38 bits per heavy atom. The number of allylic oxidation sites excluding steroid dienone is 1. The first-order valence-corrected chi connectivity index (χ1v) is 9.11. The molecule has 118 valence electrons. The number of ether oxygens (including phenoxy) is 1. The first kappa shape index (κ1) is 16.9. The van der Waals surface area contributed by atoms with Crippen molar-refractivity contribution in [3.8, 4) is 0 Å². The van der Waals surface area contributed by atoms with E-state index in [1.807, 2.05) is 32.3 Å². The van der Waals surface area contributed by atoms with Gasteiger partial charge in [0.05, 0.1) is 10.1 Å². The molecule has 0 bridgehead atoms. The fourth-order valence-corrected chi connectivity index (χ4v) is 4.50. The summed E-state index contributed by atoms with van der Waals surface area (Å²) in [7, 11) is 0. The summed E-state index contributed by atoms with van der Waals surface area (Å²) < 4.78 is 5.37. The molecule has 1 amide bonds. The number of alkyl halides is 1. The Balaban J connectivity index is 1.83. The molecule has 0 saturated carbocycles. The lowest BCUT2D eigenvalue weighted by Gasteiger charge is -2.33. The smallest absolute Gasteiger partial charge is 0.410 e. The standard InChI is InChI=1S/C15H22BrNO3S/c1-15(2,3)20-14(19)17-7-4-10(5-8-17)12(18)13-11(16)6-9-21-13/h6,9-11,13H,4-5,7-8H2,1-3H3. The zero-order valence-corrected chi connectivity index (χ0v) is 15.1. The number of carbonyl (C=O) groups excluding carboxylic acids is 2. The van der Waals surface area contributed by atoms with Gasteiger partial charge in [0.15, 0.2) is 5.78 Å². The van der Waals surface area contributed by atoms with Crippen LogP contribution in [0.2, 0.25) is 0 Å². The number of carbonyl (C=O) groups is 2. The predicted molar refractivity (Wildman–Crippen MR) is 88.8 cm³/mol. The molecule has 2 atom stereocenters. The molecule has 21 heavy (non-hydrogen) atoms. The first-order chi connectivity index (χ1) is 9.78. The molecule has 0 radical (unpaired) electrons. The van der Waals surface area contributed by atoms with Crippen LogP contribution in [-0.2, 0) is 9.53 Å². The number of halogens is 1. The van der Waals surface area contributed by atoms with Crippen LogP contribution in [0.4, 0.5) is 4.79 Å². The molecule has 1 saturated heterocycles. The minimum atomic E-state index is -0.473. The predicted octanol–water partition coefficient (Wildman–Crippen LogP) is 3.60. The Morgan fingerprint density at radius 1 is 1.29 bits per heavy atom. The van der Waals surface area contributed by atoms with Crippen molar-refractivity contribution in [2.45, 2.75) is 49.3 Å². The van der Waals surface area contributed by atoms with Crippen LogP contribution in [0.25, 0.3) is 0 Å². The number of piperidine rings is 1. The number of hydrogen-bond donors (Lipinski definition) is 0. The number of Topliss-reactive ketones (excluding diaryl/α,β-unsaturated/α-hetero) is 1. The normalized spacial score (nSPS) is 27.0. The summed E-state index contributed by atoms with van der Waals surface area (Å²) in [5.41, 5.74) is -0.473. The van der Waals surface area contributed by atoms with Gasteiger partial charge in [-0.15, -0.1) is 11.8 Å². The quantitative estimate of drug-likeness (QED) is 0.691. The number of thioether (sulfide) groups is 1. The van der Waals surface area contributed by atoms with Crippen LogP contribution in [-0.4, -0.2) is 45.5 Å². The lowest BCUT2D eigenvalue weighted by atomic mass is 9.90. The van der Waals surface area contributed by atoms with E-state index in [1.165, 1.54) is 0 Å². The minimum absolute atomic E-state index is 0.0110. The third-order valence-electron chi connectivity index (χ3n) is 3.61. The highest BCUT2D eigenvalue weighted by molar-refractivity contribution is 9.09. The molecular weight excluding hydrogens is 354 g/mol. The number of ketones is 1. The zero-order valence-electron chi connectivity index (χ0n) is 12.7. The Labute approximate surface area is 138 Å². The van der Waals surface area contributed by atoms with E-state index in [1.54, 1.807) is 16.7 Å². The van der Waals surface area contributed by atoms with Gasteiger partial charge in [-0.05, 0) is 39.0 Å². The van der Waals surface area contributed by atoms with Crippen LogP contribution in [0.5, 0.6) is 0 Å². The summed E-state index contributed by atoms with van der Waals surface area (Å²) in [6, 6.07) is 0. The van der Waals surface area contributed by atoms with E-state index in [-0.39, 0.29) is 22.1 Å². The number of rotatable bonds is 2. The fourth-order valence-electron chi connectivity index (χ4n) is 2.51. The summed E-state index contributed by atoms with van der Waals surface area (Å²) in [5, 5.41) is 1.97. The number of amides is 1. The van der Waals surface area contributed by atoms with Crippen molar-refractivity contribution in [3.05, 3.63) is 11.5 Å². The van der Waals surface area contributed by atoms with E-state index in [9.17, 15) is 9.59 Å². The monoisotopic (exact) mass is 375 g/mol. The highest BCUT2D eigenvalue weighted by Crippen LogP contribution is 2.34. The number of nitrogens with zero attached hydrogens (tertiary/aromatic N) is 1. The van der Waals surface area contributed by atoms with Crippen LogP contribution in [0.3, 0.4) is 0 Å². The third-order valence-corrected chi connectivity index (χ3v) is 5.92. The highest BCUT2D eigenvalue weighted by atomic mass is 79.9. The molecule has 0 N–H and O–H groups in total. The second-order valence-electron chi connectivity index (χ2n) is 6.47. The van der Waals surface area contributed by atoms with Gasteiger partial charge in [0.2, 0.25) is 0 Å². The summed E-state index contributed by atoms with van der Waals surface area (Å²) in [6.07, 6.45) is 3.20. The molecule has 0 aromatic heterocycles. The Kier molecular flexibility index (Phi) is 5.41. The van der Waals surface area contributed by atoms with Gasteiger partial charge in [0, 0.05) is 19.0 Å². The van der Waals surface area contributed by atoms with Crippen LogP contribution >= 0.6 is 27.7 Å². The Hall–Kier alpha value is -0.490. The molecule has 6 heteroatoms. The van der Waals surface area contributed by atoms with Gasteiger partial charge >= 0.3 is 6.09 Å². The van der Waals surface area contributed by atoms with E-state index >= 15 is 0 Å². The number of hydrogen-bond acceptors (Lipinski definition) is 4. The van der Waals surface area contributed by atoms with Crippen molar-refractivity contribution in [3.63, 3.8) is 0 Å². The topological polar surface area (TPSA) is 46.6 Å². The Morgan fingerprint density at radius 2 is 1.90 bits per heavy atom. The van der Waals surface area contributed by atoms with Crippen molar-refractivity contribution in [1.82, 2.24) is 4.90 Å². The van der Waals surface area contributed by atoms with Gasteiger partial charge in [-0.25, -0.2) is 4.79 Å². The molecule has 2 aliphatic heterocycles. The molecule has 0 aromatic carbocycles. The maximum Gasteiger partial charge on any atom is 0.410 e. The van der Waals surface area contributed by atoms with E-state index < -0.39 is 5.60 Å². The van der Waals surface area contributed by atoms with E-state index in [0.717, 1.165) is 12.8 Å². The first-order valence-electron chi connectivity index (χ1n) is 7.26. The zero-order chi connectivity index (χ0) is 15.6. The van der Waals surface area contributed by atoms with Crippen molar-refractivity contribution < 1.29 is 14.3 Å². The van der Waals surface area contributed by atoms with Gasteiger partial charge in [-0.2, -0.15) is 0 Å². The van der Waals surface area contributed by atoms with Crippen LogP contribution in [0, 0.1) is 5.92 Å². The van der Waals surface area contributed by atoms with Crippen molar-refractivity contribution in [2.75, 3.05) is 13.1 Å². The van der Waals surface area contributed by atoms with Crippen LogP contribution in [0.1, 0.15) is 33.6 Å². The summed E-state index contributed by atoms with van der Waals surface area (Å²) in [4.78, 5) is 26.3. The van der Waals surface area contributed by atoms with Gasteiger partial charge in [-0.3, -0.25) is 4.79 Å². The van der Waals surface area contributed by atoms with Crippen molar-refractivity contribution in [1.29, 1.82) is 0 Å². The molecule has 2 aliphatic rings. The largest absolute Gasteiger partial charge is 0.444 e. The highest BCUT2D eigenvalue weighted by Gasteiger charge is 2.36. The summed E-state index contributed by atoms with van der Waals surface area (Å²) >= 11 is 5.11. The van der Waals surface area contributed by atoms with Crippen molar-refractivity contribution >= 4 is 39.6 Å². The molecule has 2 heterocycles. The average molecular weight is 376 g/mol.